The third-order valence-corrected chi connectivity index (χ3v) is 5.19. The normalized spacial score (nSPS) is 17.4. The van der Waals surface area contributed by atoms with E-state index in [-0.39, 0.29) is 11.8 Å². The van der Waals surface area contributed by atoms with Gasteiger partial charge in [0.2, 0.25) is 5.91 Å². The van der Waals surface area contributed by atoms with Crippen LogP contribution in [-0.4, -0.2) is 43.0 Å². The zero-order chi connectivity index (χ0) is 18.8. The Balaban J connectivity index is 1.86. The van der Waals surface area contributed by atoms with Crippen LogP contribution in [0.3, 0.4) is 0 Å². The largest absolute Gasteiger partial charge is 0.496 e. The van der Waals surface area contributed by atoms with E-state index in [0.717, 1.165) is 11.3 Å². The van der Waals surface area contributed by atoms with Gasteiger partial charge in [-0.25, -0.2) is 0 Å². The molecule has 136 valence electrons. The first-order chi connectivity index (χ1) is 12.5. The Morgan fingerprint density at radius 3 is 2.62 bits per heavy atom. The summed E-state index contributed by atoms with van der Waals surface area (Å²) < 4.78 is 5.28. The van der Waals surface area contributed by atoms with E-state index in [4.69, 9.17) is 16.3 Å². The summed E-state index contributed by atoms with van der Waals surface area (Å²) in [5, 5.41) is 0.621. The molecule has 1 heterocycles. The number of carbonyl (C=O) groups excluding carboxylic acids is 2. The molecule has 0 unspecified atom stereocenters. The zero-order valence-corrected chi connectivity index (χ0v) is 15.8. The number of carbonyl (C=O) groups is 2. The third kappa shape index (κ3) is 3.15. The average Bonchev–Trinajstić information content (AvgIpc) is 2.66. The first kappa shape index (κ1) is 18.3. The number of piperazine rings is 1. The highest BCUT2D eigenvalue weighted by Gasteiger charge is 2.36. The molecule has 0 aliphatic carbocycles. The molecule has 2 amide bonds. The molecular weight excluding hydrogens is 352 g/mol. The smallest absolute Gasteiger partial charge is 0.258 e. The van der Waals surface area contributed by atoms with E-state index in [2.05, 4.69) is 0 Å². The van der Waals surface area contributed by atoms with Crippen molar-refractivity contribution in [3.8, 4) is 5.75 Å². The SMILES string of the molecule is COc1ccccc1C(=O)N1CCN(c2cccc(Cl)c2C)C(=O)[C@H]1C. The van der Waals surface area contributed by atoms with Gasteiger partial charge in [-0.2, -0.15) is 0 Å². The van der Waals surface area contributed by atoms with Crippen molar-refractivity contribution in [3.05, 3.63) is 58.6 Å². The van der Waals surface area contributed by atoms with Gasteiger partial charge >= 0.3 is 0 Å². The van der Waals surface area contributed by atoms with Crippen LogP contribution in [0.1, 0.15) is 22.8 Å². The van der Waals surface area contributed by atoms with E-state index in [9.17, 15) is 9.59 Å². The lowest BCUT2D eigenvalue weighted by Crippen LogP contribution is -2.58. The summed E-state index contributed by atoms with van der Waals surface area (Å²) in [4.78, 5) is 29.2. The Morgan fingerprint density at radius 2 is 1.88 bits per heavy atom. The molecule has 0 spiro atoms. The Hall–Kier alpha value is -2.53. The molecule has 3 rings (SSSR count). The highest BCUT2D eigenvalue weighted by molar-refractivity contribution is 6.31. The summed E-state index contributed by atoms with van der Waals surface area (Å²) in [6, 6.07) is 12.0. The number of halogens is 1. The molecule has 0 saturated carbocycles. The van der Waals surface area contributed by atoms with Crippen molar-refractivity contribution >= 4 is 29.1 Å². The Labute approximate surface area is 158 Å². The molecule has 2 aromatic carbocycles. The van der Waals surface area contributed by atoms with E-state index in [1.807, 2.05) is 25.1 Å². The molecule has 1 fully saturated rings. The predicted molar refractivity (Wildman–Crippen MR) is 102 cm³/mol. The van der Waals surface area contributed by atoms with Crippen LogP contribution in [0.5, 0.6) is 5.75 Å². The lowest BCUT2D eigenvalue weighted by atomic mass is 10.1. The van der Waals surface area contributed by atoms with Gasteiger partial charge in [-0.05, 0) is 43.7 Å². The first-order valence-electron chi connectivity index (χ1n) is 8.46. The second-order valence-electron chi connectivity index (χ2n) is 6.25. The number of hydrogen-bond donors (Lipinski definition) is 0. The van der Waals surface area contributed by atoms with Crippen molar-refractivity contribution in [2.75, 3.05) is 25.1 Å². The summed E-state index contributed by atoms with van der Waals surface area (Å²) in [7, 11) is 1.53. The van der Waals surface area contributed by atoms with Gasteiger partial charge in [0, 0.05) is 23.8 Å². The lowest BCUT2D eigenvalue weighted by Gasteiger charge is -2.39. The molecule has 0 radical (unpaired) electrons. The molecular formula is C20H21ClN2O3. The fourth-order valence-electron chi connectivity index (χ4n) is 3.25. The van der Waals surface area contributed by atoms with Crippen LogP contribution in [0.15, 0.2) is 42.5 Å². The number of ether oxygens (including phenoxy) is 1. The summed E-state index contributed by atoms with van der Waals surface area (Å²) in [6.07, 6.45) is 0. The zero-order valence-electron chi connectivity index (χ0n) is 15.0. The number of para-hydroxylation sites is 1. The van der Waals surface area contributed by atoms with Crippen LogP contribution < -0.4 is 9.64 Å². The fourth-order valence-corrected chi connectivity index (χ4v) is 3.42. The number of rotatable bonds is 3. The van der Waals surface area contributed by atoms with Crippen LogP contribution in [-0.2, 0) is 4.79 Å². The second kappa shape index (κ2) is 7.38. The lowest BCUT2D eigenvalue weighted by molar-refractivity contribution is -0.124. The van der Waals surface area contributed by atoms with Crippen LogP contribution in [0.25, 0.3) is 0 Å². The summed E-state index contributed by atoms with van der Waals surface area (Å²) in [5.41, 5.74) is 2.11. The highest BCUT2D eigenvalue weighted by atomic mass is 35.5. The number of amides is 2. The molecule has 0 bridgehead atoms. The van der Waals surface area contributed by atoms with Crippen molar-refractivity contribution in [1.29, 1.82) is 0 Å². The second-order valence-corrected chi connectivity index (χ2v) is 6.66. The Bertz CT molecular complexity index is 853. The Morgan fingerprint density at radius 1 is 1.15 bits per heavy atom. The number of hydrogen-bond acceptors (Lipinski definition) is 3. The van der Waals surface area contributed by atoms with Gasteiger partial charge in [-0.3, -0.25) is 9.59 Å². The van der Waals surface area contributed by atoms with Crippen molar-refractivity contribution in [3.63, 3.8) is 0 Å². The molecule has 2 aromatic rings. The molecule has 1 aliphatic rings. The molecule has 5 nitrogen and oxygen atoms in total. The van der Waals surface area contributed by atoms with Gasteiger partial charge in [0.25, 0.3) is 5.91 Å². The Kier molecular flexibility index (Phi) is 5.18. The number of nitrogens with zero attached hydrogens (tertiary/aromatic N) is 2. The standard InChI is InChI=1S/C20H21ClN2O3/c1-13-16(21)8-6-9-17(13)23-12-11-22(14(2)19(23)24)20(25)15-7-4-5-10-18(15)26-3/h4-10,14H,11-12H2,1-3H3/t14-/m1/s1. The minimum Gasteiger partial charge on any atom is -0.496 e. The summed E-state index contributed by atoms with van der Waals surface area (Å²) in [5.74, 6) is 0.181. The van der Waals surface area contributed by atoms with E-state index in [1.54, 1.807) is 41.0 Å². The monoisotopic (exact) mass is 372 g/mol. The van der Waals surface area contributed by atoms with Crippen LogP contribution in [0.2, 0.25) is 5.02 Å². The van der Waals surface area contributed by atoms with E-state index >= 15 is 0 Å². The molecule has 26 heavy (non-hydrogen) atoms. The maximum Gasteiger partial charge on any atom is 0.258 e. The topological polar surface area (TPSA) is 49.9 Å². The highest BCUT2D eigenvalue weighted by Crippen LogP contribution is 2.30. The van der Waals surface area contributed by atoms with Crippen molar-refractivity contribution in [2.45, 2.75) is 19.9 Å². The van der Waals surface area contributed by atoms with Crippen molar-refractivity contribution < 1.29 is 14.3 Å². The van der Waals surface area contributed by atoms with Gasteiger partial charge < -0.3 is 14.5 Å². The maximum absolute atomic E-state index is 13.0. The maximum atomic E-state index is 13.0. The van der Waals surface area contributed by atoms with Crippen LogP contribution in [0, 0.1) is 6.92 Å². The minimum atomic E-state index is -0.570. The number of methoxy groups -OCH3 is 1. The van der Waals surface area contributed by atoms with E-state index in [1.165, 1.54) is 7.11 Å². The van der Waals surface area contributed by atoms with Crippen molar-refractivity contribution in [2.24, 2.45) is 0 Å². The van der Waals surface area contributed by atoms with Gasteiger partial charge in [0.15, 0.2) is 0 Å². The van der Waals surface area contributed by atoms with Gasteiger partial charge in [-0.1, -0.05) is 29.8 Å². The molecule has 6 heteroatoms. The van der Waals surface area contributed by atoms with Gasteiger partial charge in [-0.15, -0.1) is 0 Å². The number of benzene rings is 2. The molecule has 0 N–H and O–H groups in total. The minimum absolute atomic E-state index is 0.120. The van der Waals surface area contributed by atoms with Gasteiger partial charge in [0.05, 0.1) is 12.7 Å². The summed E-state index contributed by atoms with van der Waals surface area (Å²) in [6.45, 7) is 4.50. The van der Waals surface area contributed by atoms with Crippen LogP contribution >= 0.6 is 11.6 Å². The van der Waals surface area contributed by atoms with E-state index in [0.29, 0.717) is 29.4 Å². The third-order valence-electron chi connectivity index (χ3n) is 4.78. The molecule has 1 saturated heterocycles. The summed E-state index contributed by atoms with van der Waals surface area (Å²) >= 11 is 6.19. The predicted octanol–water partition coefficient (Wildman–Crippen LogP) is 3.53. The quantitative estimate of drug-likeness (QED) is 0.828. The van der Waals surface area contributed by atoms with Gasteiger partial charge in [0.1, 0.15) is 11.8 Å². The first-order valence-corrected chi connectivity index (χ1v) is 8.84. The molecule has 1 aliphatic heterocycles. The fraction of sp³-hybridized carbons (Fsp3) is 0.300. The number of anilines is 1. The molecule has 0 aromatic heterocycles. The average molecular weight is 373 g/mol. The van der Waals surface area contributed by atoms with E-state index < -0.39 is 6.04 Å². The van der Waals surface area contributed by atoms with Crippen molar-refractivity contribution in [1.82, 2.24) is 4.90 Å². The molecule has 1 atom stereocenters. The van der Waals surface area contributed by atoms with Crippen LogP contribution in [0.4, 0.5) is 5.69 Å².